The minimum absolute atomic E-state index is 0.0641. The van der Waals surface area contributed by atoms with Gasteiger partial charge in [0, 0.05) is 31.4 Å². The van der Waals surface area contributed by atoms with E-state index in [9.17, 15) is 4.79 Å². The van der Waals surface area contributed by atoms with Crippen LogP contribution in [0.15, 0.2) is 30.3 Å². The Bertz CT molecular complexity index is 380. The van der Waals surface area contributed by atoms with Crippen LogP contribution in [0.1, 0.15) is 19.8 Å². The maximum atomic E-state index is 11.8. The van der Waals surface area contributed by atoms with Crippen molar-refractivity contribution in [2.75, 3.05) is 25.0 Å². The number of nitrogens with one attached hydrogen (secondary N) is 2. The van der Waals surface area contributed by atoms with Crippen molar-refractivity contribution >= 4 is 11.7 Å². The Hall–Kier alpha value is -1.71. The van der Waals surface area contributed by atoms with Crippen molar-refractivity contribution < 1.29 is 4.79 Å². The second-order valence-electron chi connectivity index (χ2n) is 4.67. The summed E-state index contributed by atoms with van der Waals surface area (Å²) in [6.45, 7) is 4.43. The summed E-state index contributed by atoms with van der Waals surface area (Å²) in [6, 6.07) is 10.6. The van der Waals surface area contributed by atoms with Gasteiger partial charge in [-0.15, -0.1) is 0 Å². The molecule has 1 atom stereocenters. The number of hydrogen-bond acceptors (Lipinski definition) is 2. The number of urea groups is 1. The number of anilines is 1. The van der Waals surface area contributed by atoms with Crippen molar-refractivity contribution in [3.05, 3.63) is 30.3 Å². The number of benzene rings is 1. The third-order valence-corrected chi connectivity index (χ3v) is 3.15. The summed E-state index contributed by atoms with van der Waals surface area (Å²) in [5, 5.41) is 6.38. The Balaban J connectivity index is 1.80. The van der Waals surface area contributed by atoms with Crippen LogP contribution in [-0.4, -0.2) is 36.6 Å². The Morgan fingerprint density at radius 3 is 2.89 bits per heavy atom. The van der Waals surface area contributed by atoms with Crippen LogP contribution >= 0.6 is 0 Å². The number of carbonyl (C=O) groups excluding carboxylic acids is 1. The lowest BCUT2D eigenvalue weighted by Gasteiger charge is -2.18. The van der Waals surface area contributed by atoms with Crippen LogP contribution in [0.2, 0.25) is 0 Å². The average Bonchev–Trinajstić information content (AvgIpc) is 2.86. The zero-order valence-corrected chi connectivity index (χ0v) is 10.9. The molecule has 0 radical (unpaired) electrons. The molecule has 1 fully saturated rings. The number of hydrogen-bond donors (Lipinski definition) is 2. The predicted octanol–water partition coefficient (Wildman–Crippen LogP) is 2.29. The highest BCUT2D eigenvalue weighted by atomic mass is 16.2. The van der Waals surface area contributed by atoms with E-state index in [1.54, 1.807) is 0 Å². The van der Waals surface area contributed by atoms with Gasteiger partial charge in [0.2, 0.25) is 0 Å². The van der Waals surface area contributed by atoms with E-state index in [-0.39, 0.29) is 6.03 Å². The molecule has 4 nitrogen and oxygen atoms in total. The lowest BCUT2D eigenvalue weighted by atomic mass is 10.2. The monoisotopic (exact) mass is 247 g/mol. The zero-order valence-electron chi connectivity index (χ0n) is 10.9. The van der Waals surface area contributed by atoms with Crippen LogP contribution in [-0.2, 0) is 0 Å². The van der Waals surface area contributed by atoms with Gasteiger partial charge in [-0.3, -0.25) is 0 Å². The summed E-state index contributed by atoms with van der Waals surface area (Å²) in [7, 11) is 0. The molecule has 1 aromatic carbocycles. The van der Waals surface area contributed by atoms with Crippen LogP contribution < -0.4 is 10.6 Å². The summed E-state index contributed by atoms with van der Waals surface area (Å²) >= 11 is 0. The Kier molecular flexibility index (Phi) is 4.45. The van der Waals surface area contributed by atoms with Crippen molar-refractivity contribution in [1.29, 1.82) is 0 Å². The van der Waals surface area contributed by atoms with Crippen LogP contribution in [0.25, 0.3) is 0 Å². The SMILES string of the molecule is CCCNC(=O)N1CC[C@H](Nc2ccccc2)C1. The molecule has 2 N–H and O–H groups in total. The Labute approximate surface area is 108 Å². The highest BCUT2D eigenvalue weighted by Gasteiger charge is 2.25. The molecule has 4 heteroatoms. The van der Waals surface area contributed by atoms with Crippen molar-refractivity contribution in [2.24, 2.45) is 0 Å². The molecule has 1 aliphatic rings. The molecule has 1 saturated heterocycles. The molecule has 0 saturated carbocycles. The topological polar surface area (TPSA) is 44.4 Å². The largest absolute Gasteiger partial charge is 0.380 e. The fourth-order valence-corrected chi connectivity index (χ4v) is 2.18. The minimum atomic E-state index is 0.0641. The smallest absolute Gasteiger partial charge is 0.317 e. The standard InChI is InChI=1S/C14H21N3O/c1-2-9-15-14(18)17-10-8-13(11-17)16-12-6-4-3-5-7-12/h3-7,13,16H,2,8-11H2,1H3,(H,15,18)/t13-/m0/s1. The third-order valence-electron chi connectivity index (χ3n) is 3.15. The van der Waals surface area contributed by atoms with Crippen molar-refractivity contribution in [1.82, 2.24) is 10.2 Å². The number of likely N-dealkylation sites (tertiary alicyclic amines) is 1. The summed E-state index contributed by atoms with van der Waals surface area (Å²) in [4.78, 5) is 13.7. The van der Waals surface area contributed by atoms with E-state index in [1.165, 1.54) is 0 Å². The highest BCUT2D eigenvalue weighted by Crippen LogP contribution is 2.15. The van der Waals surface area contributed by atoms with Crippen molar-refractivity contribution in [3.8, 4) is 0 Å². The van der Waals surface area contributed by atoms with Gasteiger partial charge in [0.15, 0.2) is 0 Å². The number of carbonyl (C=O) groups is 1. The molecule has 98 valence electrons. The maximum absolute atomic E-state index is 11.8. The fraction of sp³-hybridized carbons (Fsp3) is 0.500. The fourth-order valence-electron chi connectivity index (χ4n) is 2.18. The first kappa shape index (κ1) is 12.7. The van der Waals surface area contributed by atoms with E-state index in [4.69, 9.17) is 0 Å². The molecule has 1 aliphatic heterocycles. The quantitative estimate of drug-likeness (QED) is 0.857. The van der Waals surface area contributed by atoms with Crippen molar-refractivity contribution in [2.45, 2.75) is 25.8 Å². The minimum Gasteiger partial charge on any atom is -0.380 e. The van der Waals surface area contributed by atoms with Gasteiger partial charge >= 0.3 is 6.03 Å². The van der Waals surface area contributed by atoms with Crippen LogP contribution in [0.5, 0.6) is 0 Å². The van der Waals surface area contributed by atoms with Gasteiger partial charge in [0.05, 0.1) is 0 Å². The Morgan fingerprint density at radius 2 is 2.17 bits per heavy atom. The zero-order chi connectivity index (χ0) is 12.8. The summed E-state index contributed by atoms with van der Waals surface area (Å²) in [6.07, 6.45) is 1.99. The normalized spacial score (nSPS) is 18.7. The average molecular weight is 247 g/mol. The highest BCUT2D eigenvalue weighted by molar-refractivity contribution is 5.74. The van der Waals surface area contributed by atoms with Gasteiger partial charge in [0.1, 0.15) is 0 Å². The predicted molar refractivity (Wildman–Crippen MR) is 73.7 cm³/mol. The molecule has 0 aliphatic carbocycles. The molecule has 18 heavy (non-hydrogen) atoms. The number of para-hydroxylation sites is 1. The molecular formula is C14H21N3O. The molecule has 0 unspecified atom stereocenters. The lowest BCUT2D eigenvalue weighted by Crippen LogP contribution is -2.39. The number of rotatable bonds is 4. The van der Waals surface area contributed by atoms with Gasteiger partial charge < -0.3 is 15.5 Å². The molecular weight excluding hydrogens is 226 g/mol. The molecule has 2 amide bonds. The maximum Gasteiger partial charge on any atom is 0.317 e. The van der Waals surface area contributed by atoms with E-state index in [2.05, 4.69) is 29.7 Å². The molecule has 1 aromatic rings. The first-order valence-corrected chi connectivity index (χ1v) is 6.64. The van der Waals surface area contributed by atoms with E-state index in [0.29, 0.717) is 6.04 Å². The third kappa shape index (κ3) is 3.39. The van der Waals surface area contributed by atoms with Crippen LogP contribution in [0, 0.1) is 0 Å². The van der Waals surface area contributed by atoms with Crippen molar-refractivity contribution in [3.63, 3.8) is 0 Å². The lowest BCUT2D eigenvalue weighted by molar-refractivity contribution is 0.208. The Morgan fingerprint density at radius 1 is 1.39 bits per heavy atom. The first-order valence-electron chi connectivity index (χ1n) is 6.64. The second kappa shape index (κ2) is 6.28. The van der Waals surface area contributed by atoms with Gasteiger partial charge in [-0.05, 0) is 25.0 Å². The first-order chi connectivity index (χ1) is 8.79. The molecule has 0 spiro atoms. The summed E-state index contributed by atoms with van der Waals surface area (Å²) < 4.78 is 0. The van der Waals surface area contributed by atoms with Gasteiger partial charge in [-0.2, -0.15) is 0 Å². The van der Waals surface area contributed by atoms with E-state index >= 15 is 0 Å². The molecule has 2 rings (SSSR count). The molecule has 1 heterocycles. The van der Waals surface area contributed by atoms with E-state index < -0.39 is 0 Å². The van der Waals surface area contributed by atoms with Gasteiger partial charge in [-0.1, -0.05) is 25.1 Å². The number of amides is 2. The van der Waals surface area contributed by atoms with Gasteiger partial charge in [-0.25, -0.2) is 4.79 Å². The van der Waals surface area contributed by atoms with Crippen LogP contribution in [0.3, 0.4) is 0 Å². The summed E-state index contributed by atoms with van der Waals surface area (Å²) in [5.74, 6) is 0. The number of nitrogens with zero attached hydrogens (tertiary/aromatic N) is 1. The van der Waals surface area contributed by atoms with Crippen LogP contribution in [0.4, 0.5) is 10.5 Å². The van der Waals surface area contributed by atoms with E-state index in [0.717, 1.165) is 38.2 Å². The molecule has 0 bridgehead atoms. The second-order valence-corrected chi connectivity index (χ2v) is 4.67. The van der Waals surface area contributed by atoms with E-state index in [1.807, 2.05) is 23.1 Å². The molecule has 0 aromatic heterocycles. The van der Waals surface area contributed by atoms with Gasteiger partial charge in [0.25, 0.3) is 0 Å². The summed E-state index contributed by atoms with van der Waals surface area (Å²) in [5.41, 5.74) is 1.12.